The molecule has 2 rings (SSSR count). The number of rotatable bonds is 2. The van der Waals surface area contributed by atoms with Crippen molar-refractivity contribution in [3.05, 3.63) is 35.9 Å². The second-order valence-corrected chi connectivity index (χ2v) is 5.31. The molecule has 0 radical (unpaired) electrons. The quantitative estimate of drug-likeness (QED) is 0.543. The average Bonchev–Trinajstić information content (AvgIpc) is 3.05. The van der Waals surface area contributed by atoms with Crippen LogP contribution in [0.15, 0.2) is 30.3 Å². The first-order valence-electron chi connectivity index (χ1n) is 7.34. The van der Waals surface area contributed by atoms with E-state index in [0.717, 1.165) is 13.0 Å². The van der Waals surface area contributed by atoms with Gasteiger partial charge in [0.05, 0.1) is 6.04 Å². The zero-order chi connectivity index (χ0) is 22.1. The fourth-order valence-electron chi connectivity index (χ4n) is 1.93. The van der Waals surface area contributed by atoms with E-state index in [0.29, 0.717) is 5.92 Å². The predicted molar refractivity (Wildman–Crippen MR) is 82.2 cm³/mol. The molecular weight excluding hydrogens is 402 g/mol. The summed E-state index contributed by atoms with van der Waals surface area (Å²) >= 11 is 0. The smallest absolute Gasteiger partial charge is 0.475 e. The highest BCUT2D eigenvalue weighted by molar-refractivity contribution is 5.80. The molecule has 0 saturated carbocycles. The van der Waals surface area contributed by atoms with Crippen LogP contribution in [0, 0.1) is 0 Å². The van der Waals surface area contributed by atoms with Gasteiger partial charge in [-0.1, -0.05) is 30.3 Å². The zero-order valence-electron chi connectivity index (χ0n) is 13.9. The van der Waals surface area contributed by atoms with Gasteiger partial charge in [-0.05, 0) is 17.9 Å². The van der Waals surface area contributed by atoms with E-state index in [1.807, 2.05) is 18.2 Å². The number of nitrogens with one attached hydrogen (secondary N) is 1. The molecule has 0 spiro atoms. The summed E-state index contributed by atoms with van der Waals surface area (Å²) in [5.41, 5.74) is 6.52. The van der Waals surface area contributed by atoms with E-state index in [-0.39, 0.29) is 11.9 Å². The van der Waals surface area contributed by atoms with E-state index >= 15 is 0 Å². The molecule has 1 heterocycles. The van der Waals surface area contributed by atoms with Crippen LogP contribution in [-0.4, -0.2) is 53.0 Å². The summed E-state index contributed by atoms with van der Waals surface area (Å²) in [7, 11) is 0. The molecule has 28 heavy (non-hydrogen) atoms. The normalized spacial score (nSPS) is 18.8. The third-order valence-corrected chi connectivity index (χ3v) is 3.23. The summed E-state index contributed by atoms with van der Waals surface area (Å²) in [6, 6.07) is 10.1. The molecule has 1 fully saturated rings. The monoisotopic (exact) mass is 418 g/mol. The molecule has 1 aliphatic rings. The zero-order valence-corrected chi connectivity index (χ0v) is 13.9. The summed E-state index contributed by atoms with van der Waals surface area (Å²) in [5, 5.41) is 17.4. The topological polar surface area (TPSA) is 130 Å². The number of hydrogen-bond donors (Lipinski definition) is 4. The predicted octanol–water partition coefficient (Wildman–Crippen LogP) is 1.88. The molecule has 158 valence electrons. The van der Waals surface area contributed by atoms with Crippen LogP contribution < -0.4 is 11.1 Å². The van der Waals surface area contributed by atoms with E-state index in [4.69, 9.17) is 25.5 Å². The van der Waals surface area contributed by atoms with E-state index in [9.17, 15) is 31.1 Å². The Bertz CT molecular complexity index is 639. The number of amides is 1. The van der Waals surface area contributed by atoms with Crippen LogP contribution in [0.25, 0.3) is 0 Å². The van der Waals surface area contributed by atoms with Crippen LogP contribution in [-0.2, 0) is 14.4 Å². The molecule has 0 aromatic heterocycles. The number of carbonyl (C=O) groups is 3. The number of hydrogen-bond acceptors (Lipinski definition) is 4. The highest BCUT2D eigenvalue weighted by atomic mass is 19.4. The van der Waals surface area contributed by atoms with Crippen molar-refractivity contribution < 1.29 is 50.9 Å². The number of carboxylic acid groups (broad SMARTS) is 2. The molecule has 1 saturated heterocycles. The van der Waals surface area contributed by atoms with Crippen molar-refractivity contribution in [2.45, 2.75) is 30.7 Å². The minimum atomic E-state index is -5.08. The van der Waals surface area contributed by atoms with Crippen LogP contribution in [0.4, 0.5) is 26.3 Å². The van der Waals surface area contributed by atoms with Gasteiger partial charge in [-0.15, -0.1) is 0 Å². The largest absolute Gasteiger partial charge is 0.490 e. The molecular formula is C15H16F6N2O5. The third-order valence-electron chi connectivity index (χ3n) is 3.23. The van der Waals surface area contributed by atoms with Crippen LogP contribution in [0.3, 0.4) is 0 Å². The van der Waals surface area contributed by atoms with E-state index < -0.39 is 24.3 Å². The van der Waals surface area contributed by atoms with E-state index in [1.54, 1.807) is 0 Å². The Morgan fingerprint density at radius 3 is 1.61 bits per heavy atom. The van der Waals surface area contributed by atoms with Crippen molar-refractivity contribution in [1.29, 1.82) is 0 Å². The van der Waals surface area contributed by atoms with Crippen molar-refractivity contribution in [1.82, 2.24) is 5.32 Å². The summed E-state index contributed by atoms with van der Waals surface area (Å²) in [4.78, 5) is 28.7. The lowest BCUT2D eigenvalue weighted by atomic mass is 9.96. The highest BCUT2D eigenvalue weighted by Gasteiger charge is 2.38. The van der Waals surface area contributed by atoms with Crippen LogP contribution >= 0.6 is 0 Å². The number of aliphatic carboxylic acids is 2. The molecule has 13 heteroatoms. The second kappa shape index (κ2) is 10.5. The first kappa shape index (κ1) is 25.2. The molecule has 2 unspecified atom stereocenters. The molecule has 0 bridgehead atoms. The van der Waals surface area contributed by atoms with Gasteiger partial charge in [-0.3, -0.25) is 4.79 Å². The minimum absolute atomic E-state index is 0.153. The number of carbonyl (C=O) groups excluding carboxylic acids is 1. The lowest BCUT2D eigenvalue weighted by Crippen LogP contribution is -2.36. The number of benzene rings is 1. The summed E-state index contributed by atoms with van der Waals surface area (Å²) in [5.74, 6) is -5.34. The van der Waals surface area contributed by atoms with Gasteiger partial charge in [0.15, 0.2) is 0 Å². The number of carboxylic acids is 2. The van der Waals surface area contributed by atoms with Gasteiger partial charge in [-0.25, -0.2) is 9.59 Å². The maximum absolute atomic E-state index is 10.9. The van der Waals surface area contributed by atoms with Crippen LogP contribution in [0.1, 0.15) is 17.9 Å². The van der Waals surface area contributed by atoms with E-state index in [1.165, 1.54) is 5.56 Å². The molecule has 1 aromatic carbocycles. The molecule has 7 nitrogen and oxygen atoms in total. The summed E-state index contributed by atoms with van der Waals surface area (Å²) < 4.78 is 63.5. The highest BCUT2D eigenvalue weighted by Crippen LogP contribution is 2.25. The van der Waals surface area contributed by atoms with Gasteiger partial charge in [0, 0.05) is 6.54 Å². The standard InChI is InChI=1S/C11H14N2O.2C2HF3O2/c12-11(14)10-6-9(7-13-10)8-4-2-1-3-5-8;2*3-2(4,5)1(6)7/h1-5,9-10,13H,6-7H2,(H2,12,14);2*(H,6,7). The fourth-order valence-corrected chi connectivity index (χ4v) is 1.93. The average molecular weight is 418 g/mol. The number of nitrogens with two attached hydrogens (primary N) is 1. The molecule has 1 aromatic rings. The van der Waals surface area contributed by atoms with Gasteiger partial charge in [-0.2, -0.15) is 26.3 Å². The molecule has 0 aliphatic carbocycles. The van der Waals surface area contributed by atoms with Crippen molar-refractivity contribution in [3.63, 3.8) is 0 Å². The Kier molecular flexibility index (Phi) is 9.43. The number of alkyl halides is 6. The van der Waals surface area contributed by atoms with Gasteiger partial charge in [0.1, 0.15) is 0 Å². The fraction of sp³-hybridized carbons (Fsp3) is 0.400. The second-order valence-electron chi connectivity index (χ2n) is 5.31. The minimum Gasteiger partial charge on any atom is -0.475 e. The lowest BCUT2D eigenvalue weighted by Gasteiger charge is -2.07. The van der Waals surface area contributed by atoms with Crippen LogP contribution in [0.2, 0.25) is 0 Å². The first-order valence-corrected chi connectivity index (χ1v) is 7.34. The Morgan fingerprint density at radius 1 is 0.929 bits per heavy atom. The number of halogens is 6. The van der Waals surface area contributed by atoms with Gasteiger partial charge in [0.25, 0.3) is 0 Å². The van der Waals surface area contributed by atoms with Gasteiger partial charge < -0.3 is 21.3 Å². The Hall–Kier alpha value is -2.83. The van der Waals surface area contributed by atoms with Crippen molar-refractivity contribution in [2.24, 2.45) is 5.73 Å². The lowest BCUT2D eigenvalue weighted by molar-refractivity contribution is -0.193. The van der Waals surface area contributed by atoms with Crippen LogP contribution in [0.5, 0.6) is 0 Å². The third kappa shape index (κ3) is 9.75. The Balaban J connectivity index is 0.000000444. The SMILES string of the molecule is NC(=O)C1CC(c2ccccc2)CN1.O=C(O)C(F)(F)F.O=C(O)C(F)(F)F. The molecule has 2 atom stereocenters. The van der Waals surface area contributed by atoms with E-state index in [2.05, 4.69) is 17.4 Å². The maximum Gasteiger partial charge on any atom is 0.490 e. The maximum atomic E-state index is 10.9. The Labute approximate surface area is 154 Å². The summed E-state index contributed by atoms with van der Waals surface area (Å²) in [6.07, 6.45) is -9.35. The summed E-state index contributed by atoms with van der Waals surface area (Å²) in [6.45, 7) is 0.845. The van der Waals surface area contributed by atoms with Gasteiger partial charge in [0.2, 0.25) is 5.91 Å². The number of primary amides is 1. The molecule has 1 aliphatic heterocycles. The van der Waals surface area contributed by atoms with Gasteiger partial charge >= 0.3 is 24.3 Å². The van der Waals surface area contributed by atoms with Crippen molar-refractivity contribution >= 4 is 17.8 Å². The first-order chi connectivity index (χ1) is 12.7. The molecule has 5 N–H and O–H groups in total. The molecule has 1 amide bonds. The van der Waals surface area contributed by atoms with Crippen molar-refractivity contribution in [2.75, 3.05) is 6.54 Å². The van der Waals surface area contributed by atoms with Crippen molar-refractivity contribution in [3.8, 4) is 0 Å². The Morgan fingerprint density at radius 2 is 1.32 bits per heavy atom.